The predicted molar refractivity (Wildman–Crippen MR) is 71.9 cm³/mol. The molecule has 6 heteroatoms. The van der Waals surface area contributed by atoms with Crippen LogP contribution in [0.1, 0.15) is 25.3 Å². The smallest absolute Gasteiger partial charge is 0.366 e. The first kappa shape index (κ1) is 16.1. The number of carbonyl (C=O) groups is 1. The normalized spacial score (nSPS) is 14.9. The van der Waals surface area contributed by atoms with Gasteiger partial charge in [-0.3, -0.25) is 9.36 Å². The summed E-state index contributed by atoms with van der Waals surface area (Å²) in [6.07, 6.45) is -0.0744. The average molecular weight is 286 g/mol. The molecule has 0 spiro atoms. The van der Waals surface area contributed by atoms with Crippen LogP contribution in [-0.2, 0) is 23.7 Å². The molecule has 0 aliphatic carbocycles. The molecular weight excluding hydrogens is 267 g/mol. The van der Waals surface area contributed by atoms with E-state index in [0.717, 1.165) is 0 Å². The minimum Gasteiger partial charge on any atom is -0.373 e. The second kappa shape index (κ2) is 6.44. The molecule has 5 nitrogen and oxygen atoms in total. The molecule has 0 heterocycles. The maximum atomic E-state index is 12.6. The number of carbonyl (C=O) groups excluding carboxylic acids is 1. The molecule has 0 radical (unpaired) electrons. The number of benzene rings is 1. The number of aliphatic hydroxyl groups is 1. The Morgan fingerprint density at radius 1 is 1.26 bits per heavy atom. The maximum absolute atomic E-state index is 12.6. The van der Waals surface area contributed by atoms with Crippen molar-refractivity contribution in [1.82, 2.24) is 0 Å². The van der Waals surface area contributed by atoms with Gasteiger partial charge in [0.15, 0.2) is 5.34 Å². The monoisotopic (exact) mass is 286 g/mol. The first-order valence-corrected chi connectivity index (χ1v) is 7.49. The first-order chi connectivity index (χ1) is 8.93. The highest BCUT2D eigenvalue weighted by molar-refractivity contribution is 7.54. The van der Waals surface area contributed by atoms with Crippen molar-refractivity contribution in [3.8, 4) is 0 Å². The minimum absolute atomic E-state index is 0.222. The Kier molecular flexibility index (Phi) is 5.44. The largest absolute Gasteiger partial charge is 0.373 e. The molecule has 0 aliphatic heterocycles. The number of hydrogen-bond donors (Lipinski definition) is 1. The van der Waals surface area contributed by atoms with E-state index in [-0.39, 0.29) is 18.6 Å². The third-order valence-electron chi connectivity index (χ3n) is 3.01. The summed E-state index contributed by atoms with van der Waals surface area (Å²) >= 11 is 0. The third kappa shape index (κ3) is 3.12. The van der Waals surface area contributed by atoms with E-state index in [2.05, 4.69) is 0 Å². The fourth-order valence-corrected chi connectivity index (χ4v) is 3.43. The van der Waals surface area contributed by atoms with Crippen LogP contribution in [0.25, 0.3) is 0 Å². The molecule has 1 unspecified atom stereocenters. The average Bonchev–Trinajstić information content (AvgIpc) is 2.46. The quantitative estimate of drug-likeness (QED) is 0.780. The number of hydrogen-bond acceptors (Lipinski definition) is 5. The summed E-state index contributed by atoms with van der Waals surface area (Å²) in [7, 11) is -1.48. The third-order valence-corrected chi connectivity index (χ3v) is 5.29. The zero-order valence-corrected chi connectivity index (χ0v) is 12.2. The molecule has 0 bridgehead atoms. The molecule has 0 saturated heterocycles. The van der Waals surface area contributed by atoms with Crippen LogP contribution in [0.15, 0.2) is 30.3 Å². The molecule has 0 fully saturated rings. The van der Waals surface area contributed by atoms with Crippen molar-refractivity contribution in [2.45, 2.75) is 25.1 Å². The van der Waals surface area contributed by atoms with Gasteiger partial charge in [-0.2, -0.15) is 0 Å². The second-order valence-corrected chi connectivity index (χ2v) is 6.58. The van der Waals surface area contributed by atoms with Crippen molar-refractivity contribution in [3.05, 3.63) is 35.9 Å². The Bertz CT molecular complexity index is 465. The lowest BCUT2D eigenvalue weighted by atomic mass is 10.0. The molecule has 0 amide bonds. The highest BCUT2D eigenvalue weighted by Crippen LogP contribution is 2.64. The summed E-state index contributed by atoms with van der Waals surface area (Å²) in [4.78, 5) is 11.7. The summed E-state index contributed by atoms with van der Waals surface area (Å²) in [5.74, 6) is -0.222. The lowest BCUT2D eigenvalue weighted by Gasteiger charge is -2.33. The van der Waals surface area contributed by atoms with Crippen LogP contribution >= 0.6 is 7.60 Å². The van der Waals surface area contributed by atoms with Gasteiger partial charge in [-0.25, -0.2) is 0 Å². The predicted octanol–water partition coefficient (Wildman–Crippen LogP) is 2.69. The van der Waals surface area contributed by atoms with Crippen molar-refractivity contribution < 1.29 is 23.5 Å². The van der Waals surface area contributed by atoms with E-state index in [9.17, 15) is 14.5 Å². The zero-order chi connectivity index (χ0) is 14.5. The Balaban J connectivity index is 3.33. The fraction of sp³-hybridized carbons (Fsp3) is 0.462. The van der Waals surface area contributed by atoms with Gasteiger partial charge in [-0.15, -0.1) is 0 Å². The van der Waals surface area contributed by atoms with Gasteiger partial charge >= 0.3 is 7.60 Å². The zero-order valence-electron chi connectivity index (χ0n) is 11.3. The molecule has 1 rings (SSSR count). The van der Waals surface area contributed by atoms with Gasteiger partial charge in [0.05, 0.1) is 6.42 Å². The molecule has 106 valence electrons. The Morgan fingerprint density at radius 3 is 2.21 bits per heavy atom. The van der Waals surface area contributed by atoms with Gasteiger partial charge < -0.3 is 14.2 Å². The van der Waals surface area contributed by atoms with E-state index in [1.807, 2.05) is 0 Å². The molecule has 1 aromatic carbocycles. The van der Waals surface area contributed by atoms with Crippen LogP contribution in [0.2, 0.25) is 0 Å². The topological polar surface area (TPSA) is 72.8 Å². The first-order valence-electron chi connectivity index (χ1n) is 5.94. The van der Waals surface area contributed by atoms with Crippen LogP contribution in [0.3, 0.4) is 0 Å². The van der Waals surface area contributed by atoms with Gasteiger partial charge in [-0.1, -0.05) is 37.3 Å². The molecule has 1 atom stereocenters. The maximum Gasteiger partial charge on any atom is 0.366 e. The van der Waals surface area contributed by atoms with Crippen LogP contribution in [0.5, 0.6) is 0 Å². The number of Topliss-reactive ketones (excluding diaryl/α,β-unsaturated/α-hetero) is 1. The number of rotatable bonds is 7. The Hall–Kier alpha value is -1.00. The lowest BCUT2D eigenvalue weighted by Crippen LogP contribution is -2.30. The summed E-state index contributed by atoms with van der Waals surface area (Å²) in [6, 6.07) is 8.32. The van der Waals surface area contributed by atoms with Crippen LogP contribution in [0, 0.1) is 0 Å². The SMILES string of the molecule is CCC(=O)CC(O)(c1ccccc1)P(=O)(OC)OC. The van der Waals surface area contributed by atoms with Crippen LogP contribution in [0.4, 0.5) is 0 Å². The van der Waals surface area contributed by atoms with Crippen molar-refractivity contribution in [3.63, 3.8) is 0 Å². The van der Waals surface area contributed by atoms with Gasteiger partial charge in [0.2, 0.25) is 0 Å². The summed E-state index contributed by atoms with van der Waals surface area (Å²) in [5.41, 5.74) is 0.337. The van der Waals surface area contributed by atoms with Crippen molar-refractivity contribution in [2.24, 2.45) is 0 Å². The van der Waals surface area contributed by atoms with E-state index in [1.54, 1.807) is 37.3 Å². The molecule has 0 aromatic heterocycles. The minimum atomic E-state index is -3.86. The van der Waals surface area contributed by atoms with Crippen molar-refractivity contribution in [1.29, 1.82) is 0 Å². The lowest BCUT2D eigenvalue weighted by molar-refractivity contribution is -0.122. The molecule has 19 heavy (non-hydrogen) atoms. The van der Waals surface area contributed by atoms with E-state index in [4.69, 9.17) is 9.05 Å². The van der Waals surface area contributed by atoms with Gasteiger partial charge in [0.25, 0.3) is 0 Å². The van der Waals surface area contributed by atoms with Crippen molar-refractivity contribution in [2.75, 3.05) is 14.2 Å². The Morgan fingerprint density at radius 2 is 1.79 bits per heavy atom. The standard InChI is InChI=1S/C13H19O5P/c1-4-12(14)10-13(15,19(16,17-2)18-3)11-8-6-5-7-9-11/h5-9,15H,4,10H2,1-3H3. The van der Waals surface area contributed by atoms with E-state index in [1.165, 1.54) is 14.2 Å². The summed E-state index contributed by atoms with van der Waals surface area (Å²) in [6.45, 7) is 1.68. The molecule has 1 aromatic rings. The number of ketones is 1. The van der Waals surface area contributed by atoms with E-state index >= 15 is 0 Å². The highest BCUT2D eigenvalue weighted by atomic mass is 31.2. The summed E-state index contributed by atoms with van der Waals surface area (Å²) in [5, 5.41) is 8.80. The van der Waals surface area contributed by atoms with Crippen molar-refractivity contribution >= 4 is 13.4 Å². The second-order valence-electron chi connectivity index (χ2n) is 4.11. The van der Waals surface area contributed by atoms with Gasteiger partial charge in [-0.05, 0) is 5.56 Å². The molecule has 0 saturated carbocycles. The molecular formula is C13H19O5P. The van der Waals surface area contributed by atoms with Crippen LogP contribution in [-0.4, -0.2) is 25.1 Å². The van der Waals surface area contributed by atoms with Gasteiger partial charge in [0, 0.05) is 20.6 Å². The molecule has 1 N–H and O–H groups in total. The van der Waals surface area contributed by atoms with E-state index < -0.39 is 12.9 Å². The molecule has 0 aliphatic rings. The summed E-state index contributed by atoms with van der Waals surface area (Å²) < 4.78 is 22.3. The van der Waals surface area contributed by atoms with Crippen LogP contribution < -0.4 is 0 Å². The van der Waals surface area contributed by atoms with Gasteiger partial charge in [0.1, 0.15) is 5.78 Å². The Labute approximate surface area is 113 Å². The van der Waals surface area contributed by atoms with E-state index in [0.29, 0.717) is 5.56 Å². The highest BCUT2D eigenvalue weighted by Gasteiger charge is 2.51. The fourth-order valence-electron chi connectivity index (χ4n) is 1.84.